The van der Waals surface area contributed by atoms with Crippen molar-refractivity contribution < 1.29 is 65.2 Å². The molecule has 0 bridgehead atoms. The van der Waals surface area contributed by atoms with Gasteiger partial charge in [0.15, 0.2) is 0 Å². The van der Waals surface area contributed by atoms with Crippen molar-refractivity contribution in [2.45, 2.75) is 129 Å². The van der Waals surface area contributed by atoms with Gasteiger partial charge < -0.3 is 28.4 Å². The van der Waals surface area contributed by atoms with E-state index in [1.807, 2.05) is 83.1 Å². The number of fused-ring (bicyclic) bond motifs is 2. The first-order valence-electron chi connectivity index (χ1n) is 25.6. The van der Waals surface area contributed by atoms with Gasteiger partial charge in [0.1, 0.15) is 37.9 Å². The summed E-state index contributed by atoms with van der Waals surface area (Å²) in [7, 11) is 0. The minimum absolute atomic E-state index is 0.000581. The number of ether oxygens (including phenoxy) is 6. The second kappa shape index (κ2) is 39.4. The summed E-state index contributed by atoms with van der Waals surface area (Å²) in [4.78, 5) is 44.9. The molecular weight excluding hydrogens is 993 g/mol. The van der Waals surface area contributed by atoms with Crippen LogP contribution >= 0.6 is 0 Å². The quantitative estimate of drug-likeness (QED) is 0.0356. The molecule has 6 aromatic rings. The zero-order chi connectivity index (χ0) is 59.1. The van der Waals surface area contributed by atoms with Gasteiger partial charge in [0, 0.05) is 23.8 Å². The Labute approximate surface area is 454 Å². The lowest BCUT2D eigenvalue weighted by atomic mass is 10.0. The number of benzene rings is 6. The van der Waals surface area contributed by atoms with Crippen molar-refractivity contribution in [1.29, 1.82) is 0 Å². The van der Waals surface area contributed by atoms with Crippen LogP contribution in [0, 0.1) is 0 Å². The third-order valence-electron chi connectivity index (χ3n) is 9.18. The highest BCUT2D eigenvalue weighted by Gasteiger charge is 2.36. The van der Waals surface area contributed by atoms with Crippen LogP contribution in [0.1, 0.15) is 123 Å². The summed E-state index contributed by atoms with van der Waals surface area (Å²) in [5.74, 6) is -2.24. The Morgan fingerprint density at radius 1 is 0.403 bits per heavy atom. The molecule has 0 aromatic heterocycles. The number of carbonyl (C=O) groups is 4. The van der Waals surface area contributed by atoms with Gasteiger partial charge in [-0.25, -0.2) is 19.2 Å². The van der Waals surface area contributed by atoms with Gasteiger partial charge in [0.2, 0.25) is 0 Å². The Kier molecular flexibility index (Phi) is 36.4. The molecule has 0 aliphatic heterocycles. The number of rotatable bonds is 18. The highest BCUT2D eigenvalue weighted by Crippen LogP contribution is 2.35. The van der Waals surface area contributed by atoms with E-state index in [0.29, 0.717) is 27.5 Å². The van der Waals surface area contributed by atoms with Gasteiger partial charge in [0.25, 0.3) is 0 Å². The average Bonchev–Trinajstić information content (AvgIpc) is 3.47. The molecule has 0 fully saturated rings. The van der Waals surface area contributed by atoms with Crippen molar-refractivity contribution in [3.05, 3.63) is 205 Å². The van der Waals surface area contributed by atoms with E-state index in [1.165, 1.54) is 72.8 Å². The molecule has 0 aliphatic carbocycles. The summed E-state index contributed by atoms with van der Waals surface area (Å²) in [5, 5.41) is 2.61. The Bertz CT molecular complexity index is 2730. The van der Waals surface area contributed by atoms with Crippen molar-refractivity contribution in [1.82, 2.24) is 0 Å². The predicted molar refractivity (Wildman–Crippen MR) is 303 cm³/mol. The van der Waals surface area contributed by atoms with Crippen LogP contribution < -0.4 is 9.47 Å². The maximum absolute atomic E-state index is 14.8. The van der Waals surface area contributed by atoms with Gasteiger partial charge in [0.05, 0.1) is 11.1 Å². The van der Waals surface area contributed by atoms with E-state index in [0.717, 1.165) is 40.1 Å². The zero-order valence-corrected chi connectivity index (χ0v) is 47.0. The first kappa shape index (κ1) is 71.1. The average molecular weight is 1070 g/mol. The third kappa shape index (κ3) is 25.4. The first-order chi connectivity index (χ1) is 37.0. The lowest BCUT2D eigenvalue weighted by Gasteiger charge is -2.19. The molecule has 0 amide bonds. The number of halogens is 4. The minimum Gasteiger partial charge on any atom is -0.458 e. The molecule has 0 spiro atoms. The summed E-state index contributed by atoms with van der Waals surface area (Å²) in [6.07, 6.45) is -3.98. The Morgan fingerprint density at radius 2 is 0.662 bits per heavy atom. The van der Waals surface area contributed by atoms with E-state index in [-0.39, 0.29) is 49.1 Å². The van der Waals surface area contributed by atoms with Crippen molar-refractivity contribution in [3.63, 3.8) is 0 Å². The second-order valence-corrected chi connectivity index (χ2v) is 14.1. The fourth-order valence-electron chi connectivity index (χ4n) is 5.77. The molecule has 0 saturated carbocycles. The van der Waals surface area contributed by atoms with Crippen LogP contribution in [0.3, 0.4) is 0 Å². The van der Waals surface area contributed by atoms with E-state index >= 15 is 0 Å². The topological polar surface area (TPSA) is 124 Å². The van der Waals surface area contributed by atoms with Gasteiger partial charge in [-0.2, -0.15) is 17.6 Å². The maximum Gasteiger partial charge on any atom is 0.426 e. The highest BCUT2D eigenvalue weighted by molar-refractivity contribution is 5.87. The molecule has 0 radical (unpaired) electrons. The van der Waals surface area contributed by atoms with Crippen LogP contribution in [0.5, 0.6) is 11.5 Å². The van der Waals surface area contributed by atoms with E-state index in [1.54, 1.807) is 55.5 Å². The molecule has 0 heterocycles. The number of alkyl halides is 4. The fourth-order valence-corrected chi connectivity index (χ4v) is 5.77. The van der Waals surface area contributed by atoms with Gasteiger partial charge in [-0.15, -0.1) is 0 Å². The van der Waals surface area contributed by atoms with E-state index in [4.69, 9.17) is 28.4 Å². The monoisotopic (exact) mass is 1070 g/mol. The van der Waals surface area contributed by atoms with Crippen molar-refractivity contribution >= 4 is 45.4 Å². The van der Waals surface area contributed by atoms with E-state index in [2.05, 4.69) is 26.3 Å². The zero-order valence-electron chi connectivity index (χ0n) is 47.0. The molecule has 10 nitrogen and oxygen atoms in total. The normalized spacial score (nSPS) is 9.73. The van der Waals surface area contributed by atoms with Gasteiger partial charge in [-0.1, -0.05) is 170 Å². The molecule has 6 rings (SSSR count). The number of carbonyl (C=O) groups excluding carboxylic acids is 4. The van der Waals surface area contributed by atoms with E-state index < -0.39 is 36.1 Å². The summed E-state index contributed by atoms with van der Waals surface area (Å²) < 4.78 is 88.7. The second-order valence-electron chi connectivity index (χ2n) is 14.1. The lowest BCUT2D eigenvalue weighted by Crippen LogP contribution is -2.21. The largest absolute Gasteiger partial charge is 0.458 e. The van der Waals surface area contributed by atoms with Gasteiger partial charge in [-0.05, 0) is 111 Å². The predicted octanol–water partition coefficient (Wildman–Crippen LogP) is 17.4. The lowest BCUT2D eigenvalue weighted by molar-refractivity contribution is -0.186. The van der Waals surface area contributed by atoms with Crippen LogP contribution in [0.4, 0.5) is 17.6 Å². The van der Waals surface area contributed by atoms with Crippen molar-refractivity contribution in [2.24, 2.45) is 0 Å². The molecule has 418 valence electrons. The number of esters is 4. The molecule has 14 heteroatoms. The minimum atomic E-state index is -3.57. The molecule has 77 heavy (non-hydrogen) atoms. The summed E-state index contributed by atoms with van der Waals surface area (Å²) >= 11 is 0. The van der Waals surface area contributed by atoms with Gasteiger partial charge >= 0.3 is 36.1 Å². The first-order valence-corrected chi connectivity index (χ1v) is 25.6. The van der Waals surface area contributed by atoms with Crippen LogP contribution in [0.15, 0.2) is 171 Å². The Morgan fingerprint density at radius 3 is 0.961 bits per heavy atom. The van der Waals surface area contributed by atoms with Crippen LogP contribution in [0.2, 0.25) is 0 Å². The SMILES string of the molecule is C=CC(=O)OCc1ccc(OC(F)(F)c2ccc3cc(COC(=O)C(=C)C)ccc3c2)cc1.C=CC(=O)OCc1ccc(OC(F)(F)c2ccc3cc(COC(=O)C=C)ccc3c2)cc1.CC.CC.CC.CC.CC.CC. The fraction of sp³-hybridized carbons (Fsp3) is 0.302. The third-order valence-corrected chi connectivity index (χ3v) is 9.18. The molecule has 0 unspecified atom stereocenters. The van der Waals surface area contributed by atoms with Crippen LogP contribution in [0.25, 0.3) is 21.5 Å². The molecular formula is C63H78F4O10. The van der Waals surface area contributed by atoms with Crippen LogP contribution in [-0.2, 0) is 76.8 Å². The van der Waals surface area contributed by atoms with Crippen molar-refractivity contribution in [2.75, 3.05) is 0 Å². The van der Waals surface area contributed by atoms with E-state index in [9.17, 15) is 36.7 Å². The number of hydrogen-bond acceptors (Lipinski definition) is 10. The molecule has 0 aliphatic rings. The van der Waals surface area contributed by atoms with Gasteiger partial charge in [-0.3, -0.25) is 0 Å². The summed E-state index contributed by atoms with van der Waals surface area (Å²) in [6.45, 7) is 39.1. The maximum atomic E-state index is 14.8. The van der Waals surface area contributed by atoms with Crippen LogP contribution in [-0.4, -0.2) is 23.9 Å². The molecule has 0 N–H and O–H groups in total. The smallest absolute Gasteiger partial charge is 0.426 e. The number of hydrogen-bond donors (Lipinski definition) is 0. The summed E-state index contributed by atoms with van der Waals surface area (Å²) in [6, 6.07) is 30.3. The Hall–Kier alpha value is -8.00. The standard InChI is InChI=1S/C26H22F2O5.C25H20F2O5.6C2H6/c1-4-24(29)31-15-18-6-11-23(12-7-18)33-26(27,28)22-10-9-20-13-19(5-8-21(20)14-22)16-32-25(30)17(2)3;1-3-23(28)30-15-17-6-11-22(12-7-17)32-25(26,27)21-10-9-19-13-18(5-8-20(19)14-21)16-31-24(29)4-2;6*1-2/h4-14H,1-2,15-16H2,3H3;3-14H,1-2,15-16H2;6*1-2H3. The Balaban J connectivity index is 0. The molecule has 6 aromatic carbocycles. The molecule has 0 atom stereocenters. The summed E-state index contributed by atoms with van der Waals surface area (Å²) in [5.41, 5.74) is 2.38. The molecule has 0 saturated heterocycles. The van der Waals surface area contributed by atoms with Crippen molar-refractivity contribution in [3.8, 4) is 11.5 Å². The highest BCUT2D eigenvalue weighted by atomic mass is 19.3.